The quantitative estimate of drug-likeness (QED) is 0.811. The van der Waals surface area contributed by atoms with Crippen LogP contribution in [0.3, 0.4) is 0 Å². The van der Waals surface area contributed by atoms with Crippen LogP contribution in [-0.4, -0.2) is 13.7 Å². The summed E-state index contributed by atoms with van der Waals surface area (Å²) in [5.41, 5.74) is 7.23. The molecule has 15 heavy (non-hydrogen) atoms. The maximum Gasteiger partial charge on any atom is 0.130 e. The SMILES string of the molecule is CCc1cc(CCCN)c(OC)cc1F. The van der Waals surface area contributed by atoms with Gasteiger partial charge in [0.2, 0.25) is 0 Å². The Morgan fingerprint density at radius 1 is 1.33 bits per heavy atom. The van der Waals surface area contributed by atoms with Gasteiger partial charge in [0.25, 0.3) is 0 Å². The van der Waals surface area contributed by atoms with Crippen molar-refractivity contribution >= 4 is 0 Å². The topological polar surface area (TPSA) is 35.2 Å². The van der Waals surface area contributed by atoms with Gasteiger partial charge in [0, 0.05) is 6.07 Å². The first-order valence-corrected chi connectivity index (χ1v) is 5.28. The molecular weight excluding hydrogens is 193 g/mol. The summed E-state index contributed by atoms with van der Waals surface area (Å²) in [4.78, 5) is 0. The Balaban J connectivity index is 2.99. The fourth-order valence-corrected chi connectivity index (χ4v) is 1.60. The fourth-order valence-electron chi connectivity index (χ4n) is 1.60. The Morgan fingerprint density at radius 2 is 2.07 bits per heavy atom. The van der Waals surface area contributed by atoms with Crippen LogP contribution < -0.4 is 10.5 Å². The van der Waals surface area contributed by atoms with E-state index < -0.39 is 0 Å². The molecule has 0 bridgehead atoms. The molecule has 0 amide bonds. The number of benzene rings is 1. The van der Waals surface area contributed by atoms with Crippen LogP contribution in [0.15, 0.2) is 12.1 Å². The van der Waals surface area contributed by atoms with Crippen molar-refractivity contribution in [2.45, 2.75) is 26.2 Å². The predicted molar refractivity (Wildman–Crippen MR) is 59.7 cm³/mol. The minimum atomic E-state index is -0.189. The van der Waals surface area contributed by atoms with Crippen LogP contribution in [-0.2, 0) is 12.8 Å². The Labute approximate surface area is 90.2 Å². The average molecular weight is 211 g/mol. The normalized spacial score (nSPS) is 10.4. The van der Waals surface area contributed by atoms with E-state index in [1.807, 2.05) is 13.0 Å². The van der Waals surface area contributed by atoms with E-state index in [0.29, 0.717) is 18.7 Å². The van der Waals surface area contributed by atoms with Crippen LogP contribution in [0.2, 0.25) is 0 Å². The highest BCUT2D eigenvalue weighted by atomic mass is 19.1. The number of rotatable bonds is 5. The van der Waals surface area contributed by atoms with Crippen molar-refractivity contribution < 1.29 is 9.13 Å². The van der Waals surface area contributed by atoms with E-state index in [9.17, 15) is 4.39 Å². The molecule has 0 fully saturated rings. The molecule has 84 valence electrons. The van der Waals surface area contributed by atoms with Gasteiger partial charge in [-0.15, -0.1) is 0 Å². The van der Waals surface area contributed by atoms with Crippen molar-refractivity contribution in [2.24, 2.45) is 5.73 Å². The summed E-state index contributed by atoms with van der Waals surface area (Å²) in [5, 5.41) is 0. The molecule has 2 N–H and O–H groups in total. The summed E-state index contributed by atoms with van der Waals surface area (Å²) >= 11 is 0. The second-order valence-electron chi connectivity index (χ2n) is 3.50. The van der Waals surface area contributed by atoms with Crippen LogP contribution in [0, 0.1) is 5.82 Å². The van der Waals surface area contributed by atoms with E-state index in [-0.39, 0.29) is 5.82 Å². The third-order valence-corrected chi connectivity index (χ3v) is 2.48. The summed E-state index contributed by atoms with van der Waals surface area (Å²) in [6, 6.07) is 3.34. The van der Waals surface area contributed by atoms with Gasteiger partial charge in [0.05, 0.1) is 7.11 Å². The third-order valence-electron chi connectivity index (χ3n) is 2.48. The Morgan fingerprint density at radius 3 is 2.60 bits per heavy atom. The largest absolute Gasteiger partial charge is 0.496 e. The minimum Gasteiger partial charge on any atom is -0.496 e. The first-order valence-electron chi connectivity index (χ1n) is 5.28. The van der Waals surface area contributed by atoms with E-state index >= 15 is 0 Å². The van der Waals surface area contributed by atoms with Crippen molar-refractivity contribution in [3.05, 3.63) is 29.1 Å². The van der Waals surface area contributed by atoms with Crippen LogP contribution in [0.5, 0.6) is 5.75 Å². The second-order valence-corrected chi connectivity index (χ2v) is 3.50. The van der Waals surface area contributed by atoms with Gasteiger partial charge in [0.1, 0.15) is 11.6 Å². The van der Waals surface area contributed by atoms with Crippen LogP contribution in [0.4, 0.5) is 4.39 Å². The predicted octanol–water partition coefficient (Wildman–Crippen LogP) is 2.29. The highest BCUT2D eigenvalue weighted by Gasteiger charge is 2.08. The molecule has 0 spiro atoms. The van der Waals surface area contributed by atoms with Gasteiger partial charge >= 0.3 is 0 Å². The molecule has 1 rings (SSSR count). The summed E-state index contributed by atoms with van der Waals surface area (Å²) in [6.07, 6.45) is 2.43. The van der Waals surface area contributed by atoms with Gasteiger partial charge in [-0.3, -0.25) is 0 Å². The first kappa shape index (κ1) is 12.0. The smallest absolute Gasteiger partial charge is 0.130 e. The number of hydrogen-bond acceptors (Lipinski definition) is 2. The molecule has 0 heterocycles. The summed E-state index contributed by atoms with van der Waals surface area (Å²) in [6.45, 7) is 2.58. The summed E-state index contributed by atoms with van der Waals surface area (Å²) in [7, 11) is 1.56. The number of ether oxygens (including phenoxy) is 1. The van der Waals surface area contributed by atoms with Crippen LogP contribution in [0.25, 0.3) is 0 Å². The molecule has 0 atom stereocenters. The number of methoxy groups -OCH3 is 1. The molecule has 1 aromatic rings. The fraction of sp³-hybridized carbons (Fsp3) is 0.500. The molecule has 0 unspecified atom stereocenters. The van der Waals surface area contributed by atoms with E-state index in [1.54, 1.807) is 7.11 Å². The molecule has 0 aliphatic carbocycles. The lowest BCUT2D eigenvalue weighted by Crippen LogP contribution is -2.03. The monoisotopic (exact) mass is 211 g/mol. The minimum absolute atomic E-state index is 0.189. The highest BCUT2D eigenvalue weighted by molar-refractivity contribution is 5.38. The Hall–Kier alpha value is -1.09. The standard InChI is InChI=1S/C12H18FNO/c1-3-9-7-10(5-4-6-14)12(15-2)8-11(9)13/h7-8H,3-6,14H2,1-2H3. The van der Waals surface area contributed by atoms with Gasteiger partial charge in [-0.25, -0.2) is 4.39 Å². The number of halogens is 1. The van der Waals surface area contributed by atoms with Gasteiger partial charge in [-0.05, 0) is 43.0 Å². The van der Waals surface area contributed by atoms with Crippen molar-refractivity contribution in [1.29, 1.82) is 0 Å². The lowest BCUT2D eigenvalue weighted by molar-refractivity contribution is 0.405. The molecular formula is C12H18FNO. The number of hydrogen-bond donors (Lipinski definition) is 1. The van der Waals surface area contributed by atoms with E-state index in [4.69, 9.17) is 10.5 Å². The van der Waals surface area contributed by atoms with Crippen molar-refractivity contribution in [3.63, 3.8) is 0 Å². The zero-order chi connectivity index (χ0) is 11.3. The Bertz CT molecular complexity index is 326. The number of aryl methyl sites for hydroxylation is 2. The summed E-state index contributed by atoms with van der Waals surface area (Å²) < 4.78 is 18.6. The third kappa shape index (κ3) is 2.93. The van der Waals surface area contributed by atoms with Crippen molar-refractivity contribution in [3.8, 4) is 5.75 Å². The lowest BCUT2D eigenvalue weighted by Gasteiger charge is -2.10. The maximum atomic E-state index is 13.4. The first-order chi connectivity index (χ1) is 7.22. The number of nitrogens with two attached hydrogens (primary N) is 1. The zero-order valence-electron chi connectivity index (χ0n) is 9.35. The average Bonchev–Trinajstić information content (AvgIpc) is 2.26. The summed E-state index contributed by atoms with van der Waals surface area (Å²) in [5.74, 6) is 0.434. The van der Waals surface area contributed by atoms with E-state index in [2.05, 4.69) is 0 Å². The van der Waals surface area contributed by atoms with Crippen LogP contribution >= 0.6 is 0 Å². The Kier molecular flexibility index (Phi) is 4.56. The van der Waals surface area contributed by atoms with Crippen LogP contribution in [0.1, 0.15) is 24.5 Å². The van der Waals surface area contributed by atoms with Crippen molar-refractivity contribution in [2.75, 3.05) is 13.7 Å². The maximum absolute atomic E-state index is 13.4. The molecule has 0 aliphatic rings. The van der Waals surface area contributed by atoms with Gasteiger partial charge in [-0.1, -0.05) is 6.92 Å². The molecule has 0 saturated carbocycles. The van der Waals surface area contributed by atoms with E-state index in [1.165, 1.54) is 6.07 Å². The molecule has 1 aromatic carbocycles. The van der Waals surface area contributed by atoms with Crippen molar-refractivity contribution in [1.82, 2.24) is 0 Å². The lowest BCUT2D eigenvalue weighted by atomic mass is 10.0. The molecule has 3 heteroatoms. The van der Waals surface area contributed by atoms with Gasteiger partial charge in [0.15, 0.2) is 0 Å². The molecule has 0 aromatic heterocycles. The van der Waals surface area contributed by atoms with Gasteiger partial charge in [-0.2, -0.15) is 0 Å². The molecule has 2 nitrogen and oxygen atoms in total. The second kappa shape index (κ2) is 5.71. The van der Waals surface area contributed by atoms with Gasteiger partial charge < -0.3 is 10.5 Å². The zero-order valence-corrected chi connectivity index (χ0v) is 9.35. The molecule has 0 saturated heterocycles. The van der Waals surface area contributed by atoms with E-state index in [0.717, 1.165) is 24.0 Å². The molecule has 0 aliphatic heterocycles. The highest BCUT2D eigenvalue weighted by Crippen LogP contribution is 2.24. The molecule has 0 radical (unpaired) electrons.